The molecule has 0 radical (unpaired) electrons. The van der Waals surface area contributed by atoms with E-state index in [1.54, 1.807) is 0 Å². The van der Waals surface area contributed by atoms with Crippen LogP contribution in [0.25, 0.3) is 0 Å². The van der Waals surface area contributed by atoms with Gasteiger partial charge < -0.3 is 5.11 Å². The first-order valence-electron chi connectivity index (χ1n) is 7.77. The number of nitrogens with zero attached hydrogens (tertiary/aromatic N) is 1. The van der Waals surface area contributed by atoms with Crippen molar-refractivity contribution in [3.63, 3.8) is 0 Å². The summed E-state index contributed by atoms with van der Waals surface area (Å²) in [6.07, 6.45) is 5.88. The molecule has 0 spiro atoms. The van der Waals surface area contributed by atoms with E-state index >= 15 is 0 Å². The molecule has 1 fully saturated rings. The fraction of sp³-hybridized carbons (Fsp3) is 1.00. The van der Waals surface area contributed by atoms with E-state index in [1.165, 1.54) is 25.7 Å². The van der Waals surface area contributed by atoms with E-state index in [1.807, 2.05) is 0 Å². The van der Waals surface area contributed by atoms with Crippen LogP contribution in [0.2, 0.25) is 0 Å². The van der Waals surface area contributed by atoms with Crippen LogP contribution < -0.4 is 0 Å². The SMILES string of the molecule is CC(C)CC(C)CC(O)C(C)(C)N1CCCCC1. The van der Waals surface area contributed by atoms with Crippen molar-refractivity contribution in [2.45, 2.75) is 78.4 Å². The van der Waals surface area contributed by atoms with Gasteiger partial charge in [0.25, 0.3) is 0 Å². The third-order valence-corrected chi connectivity index (χ3v) is 4.49. The lowest BCUT2D eigenvalue weighted by molar-refractivity contribution is -0.0305. The highest BCUT2D eigenvalue weighted by molar-refractivity contribution is 4.90. The normalized spacial score (nSPS) is 22.2. The molecule has 0 aliphatic carbocycles. The van der Waals surface area contributed by atoms with Crippen LogP contribution in [-0.4, -0.2) is 34.7 Å². The lowest BCUT2D eigenvalue weighted by Crippen LogP contribution is -2.54. The van der Waals surface area contributed by atoms with Gasteiger partial charge in [0.2, 0.25) is 0 Å². The van der Waals surface area contributed by atoms with Crippen molar-refractivity contribution < 1.29 is 5.11 Å². The highest BCUT2D eigenvalue weighted by Gasteiger charge is 2.35. The lowest BCUT2D eigenvalue weighted by atomic mass is 9.84. The van der Waals surface area contributed by atoms with Crippen LogP contribution in [-0.2, 0) is 0 Å². The summed E-state index contributed by atoms with van der Waals surface area (Å²) in [6, 6.07) is 0. The monoisotopic (exact) mass is 255 g/mol. The summed E-state index contributed by atoms with van der Waals surface area (Å²) < 4.78 is 0. The Kier molecular flexibility index (Phi) is 6.13. The molecule has 2 nitrogen and oxygen atoms in total. The van der Waals surface area contributed by atoms with E-state index < -0.39 is 0 Å². The Balaban J connectivity index is 2.49. The fourth-order valence-electron chi connectivity index (χ4n) is 3.25. The van der Waals surface area contributed by atoms with Gasteiger partial charge in [-0.1, -0.05) is 27.2 Å². The maximum absolute atomic E-state index is 10.6. The molecule has 2 heteroatoms. The molecule has 1 saturated heterocycles. The molecule has 0 aromatic rings. The van der Waals surface area contributed by atoms with E-state index in [2.05, 4.69) is 39.5 Å². The van der Waals surface area contributed by atoms with E-state index in [4.69, 9.17) is 0 Å². The maximum atomic E-state index is 10.6. The van der Waals surface area contributed by atoms with Crippen molar-refractivity contribution >= 4 is 0 Å². The number of rotatable bonds is 6. The van der Waals surface area contributed by atoms with Crippen molar-refractivity contribution in [3.8, 4) is 0 Å². The highest BCUT2D eigenvalue weighted by Crippen LogP contribution is 2.28. The van der Waals surface area contributed by atoms with Crippen LogP contribution in [0, 0.1) is 11.8 Å². The molecule has 1 aliphatic heterocycles. The Morgan fingerprint density at radius 1 is 1.00 bits per heavy atom. The summed E-state index contributed by atoms with van der Waals surface area (Å²) in [5.41, 5.74) is -0.0638. The van der Waals surface area contributed by atoms with E-state index in [0.717, 1.165) is 25.4 Å². The van der Waals surface area contributed by atoms with Gasteiger partial charge in [-0.25, -0.2) is 0 Å². The largest absolute Gasteiger partial charge is 0.391 e. The van der Waals surface area contributed by atoms with Gasteiger partial charge in [0.05, 0.1) is 6.10 Å². The molecule has 108 valence electrons. The molecule has 1 N–H and O–H groups in total. The Morgan fingerprint density at radius 2 is 1.56 bits per heavy atom. The standard InChI is InChI=1S/C16H33NO/c1-13(2)11-14(3)12-15(18)16(4,5)17-9-7-6-8-10-17/h13-15,18H,6-12H2,1-5H3. The van der Waals surface area contributed by atoms with Crippen LogP contribution in [0.5, 0.6) is 0 Å². The average Bonchev–Trinajstić information content (AvgIpc) is 2.28. The molecule has 0 aromatic carbocycles. The number of hydrogen-bond acceptors (Lipinski definition) is 2. The van der Waals surface area contributed by atoms with E-state index in [-0.39, 0.29) is 11.6 Å². The number of hydrogen-bond donors (Lipinski definition) is 1. The molecule has 0 saturated carbocycles. The molecular weight excluding hydrogens is 222 g/mol. The Bertz CT molecular complexity index is 231. The van der Waals surface area contributed by atoms with E-state index in [0.29, 0.717) is 5.92 Å². The van der Waals surface area contributed by atoms with Crippen molar-refractivity contribution in [1.29, 1.82) is 0 Å². The van der Waals surface area contributed by atoms with Crippen LogP contribution >= 0.6 is 0 Å². The first-order valence-corrected chi connectivity index (χ1v) is 7.77. The van der Waals surface area contributed by atoms with Crippen molar-refractivity contribution in [3.05, 3.63) is 0 Å². The molecule has 0 amide bonds. The molecule has 1 aliphatic rings. The molecule has 0 aromatic heterocycles. The van der Waals surface area contributed by atoms with Gasteiger partial charge >= 0.3 is 0 Å². The van der Waals surface area contributed by atoms with Gasteiger partial charge in [0.15, 0.2) is 0 Å². The average molecular weight is 255 g/mol. The van der Waals surface area contributed by atoms with Crippen molar-refractivity contribution in [2.24, 2.45) is 11.8 Å². The summed E-state index contributed by atoms with van der Waals surface area (Å²) in [5.74, 6) is 1.34. The molecule has 2 atom stereocenters. The minimum Gasteiger partial charge on any atom is -0.391 e. The van der Waals surface area contributed by atoms with Crippen molar-refractivity contribution in [1.82, 2.24) is 4.90 Å². The van der Waals surface area contributed by atoms with Crippen LogP contribution in [0.3, 0.4) is 0 Å². The highest BCUT2D eigenvalue weighted by atomic mass is 16.3. The van der Waals surface area contributed by atoms with Crippen molar-refractivity contribution in [2.75, 3.05) is 13.1 Å². The lowest BCUT2D eigenvalue weighted by Gasteiger charge is -2.44. The van der Waals surface area contributed by atoms with Gasteiger partial charge in [-0.3, -0.25) is 4.90 Å². The van der Waals surface area contributed by atoms with Crippen LogP contribution in [0.15, 0.2) is 0 Å². The van der Waals surface area contributed by atoms with Gasteiger partial charge in [-0.15, -0.1) is 0 Å². The number of aliphatic hydroxyl groups excluding tert-OH is 1. The summed E-state index contributed by atoms with van der Waals surface area (Å²) in [5, 5.41) is 10.6. The minimum atomic E-state index is -0.204. The van der Waals surface area contributed by atoms with Gasteiger partial charge in [0.1, 0.15) is 0 Å². The molecule has 1 rings (SSSR count). The Hall–Kier alpha value is -0.0800. The third-order valence-electron chi connectivity index (χ3n) is 4.49. The summed E-state index contributed by atoms with van der Waals surface area (Å²) >= 11 is 0. The van der Waals surface area contributed by atoms with Gasteiger partial charge in [-0.05, 0) is 64.5 Å². The fourth-order valence-corrected chi connectivity index (χ4v) is 3.25. The molecule has 18 heavy (non-hydrogen) atoms. The smallest absolute Gasteiger partial charge is 0.0721 e. The van der Waals surface area contributed by atoms with E-state index in [9.17, 15) is 5.11 Å². The second-order valence-electron chi connectivity index (χ2n) is 7.19. The second-order valence-corrected chi connectivity index (χ2v) is 7.19. The maximum Gasteiger partial charge on any atom is 0.0721 e. The third kappa shape index (κ3) is 4.55. The number of likely N-dealkylation sites (tertiary alicyclic amines) is 1. The molecule has 2 unspecified atom stereocenters. The minimum absolute atomic E-state index is 0.0638. The van der Waals surface area contributed by atoms with Gasteiger partial charge in [0, 0.05) is 5.54 Å². The summed E-state index contributed by atoms with van der Waals surface area (Å²) in [7, 11) is 0. The first kappa shape index (κ1) is 16.0. The van der Waals surface area contributed by atoms with Crippen LogP contribution in [0.1, 0.15) is 66.7 Å². The predicted octanol–water partition coefficient (Wildman–Crippen LogP) is 3.68. The Morgan fingerprint density at radius 3 is 2.06 bits per heavy atom. The molecule has 0 bridgehead atoms. The predicted molar refractivity (Wildman–Crippen MR) is 78.7 cm³/mol. The first-order chi connectivity index (χ1) is 8.34. The number of aliphatic hydroxyl groups is 1. The summed E-state index contributed by atoms with van der Waals surface area (Å²) in [4.78, 5) is 2.49. The zero-order valence-corrected chi connectivity index (χ0v) is 13.1. The van der Waals surface area contributed by atoms with Crippen LogP contribution in [0.4, 0.5) is 0 Å². The molecular formula is C16H33NO. The summed E-state index contributed by atoms with van der Waals surface area (Å²) in [6.45, 7) is 13.5. The zero-order valence-electron chi connectivity index (χ0n) is 13.1. The zero-order chi connectivity index (χ0) is 13.8. The quantitative estimate of drug-likeness (QED) is 0.782. The topological polar surface area (TPSA) is 23.5 Å². The second kappa shape index (κ2) is 6.91. The number of piperidine rings is 1. The molecule has 1 heterocycles. The van der Waals surface area contributed by atoms with Gasteiger partial charge in [-0.2, -0.15) is 0 Å². The Labute approximate surface area is 114 Å².